The third-order valence-corrected chi connectivity index (χ3v) is 5.31. The smallest absolute Gasteiger partial charge is 0.147 e. The first-order valence-electron chi connectivity index (χ1n) is 9.94. The summed E-state index contributed by atoms with van der Waals surface area (Å²) in [5, 5.41) is 13.1. The molecule has 0 aliphatic carbocycles. The fourth-order valence-electron chi connectivity index (χ4n) is 3.86. The number of hydrogen-bond donors (Lipinski definition) is 1. The summed E-state index contributed by atoms with van der Waals surface area (Å²) in [7, 11) is 0. The van der Waals surface area contributed by atoms with Crippen LogP contribution in [0.1, 0.15) is 23.6 Å². The van der Waals surface area contributed by atoms with Crippen LogP contribution in [0.4, 0.5) is 0 Å². The van der Waals surface area contributed by atoms with Crippen molar-refractivity contribution in [1.29, 1.82) is 0 Å². The monoisotopic (exact) mass is 385 g/mol. The molecular weight excluding hydrogens is 362 g/mol. The number of nitrogens with zero attached hydrogens (tertiary/aromatic N) is 6. The first kappa shape index (κ1) is 17.8. The van der Waals surface area contributed by atoms with Crippen LogP contribution < -0.4 is 5.32 Å². The van der Waals surface area contributed by atoms with Crippen molar-refractivity contribution in [2.45, 2.75) is 38.9 Å². The molecule has 0 amide bonds. The standard InChI is InChI=1S/C22H23N7/c1-16-25-21-8-7-19(15-29(21)26-16)24-13-18-14-28(20-5-3-2-4-6-20)27-22(18)17-9-11-23-12-10-17/h2-6,9-12,14,19,24H,7-8,13,15H2,1H3. The average molecular weight is 385 g/mol. The summed E-state index contributed by atoms with van der Waals surface area (Å²) < 4.78 is 3.99. The third kappa shape index (κ3) is 3.69. The maximum Gasteiger partial charge on any atom is 0.147 e. The summed E-state index contributed by atoms with van der Waals surface area (Å²) in [4.78, 5) is 8.64. The Bertz CT molecular complexity index is 1100. The van der Waals surface area contributed by atoms with Crippen LogP contribution in [0.15, 0.2) is 61.1 Å². The highest BCUT2D eigenvalue weighted by atomic mass is 15.4. The van der Waals surface area contributed by atoms with Gasteiger partial charge in [-0.2, -0.15) is 10.2 Å². The molecule has 5 rings (SSSR count). The lowest BCUT2D eigenvalue weighted by Crippen LogP contribution is -2.37. The molecule has 4 aromatic rings. The van der Waals surface area contributed by atoms with E-state index in [9.17, 15) is 0 Å². The molecule has 1 aromatic carbocycles. The van der Waals surface area contributed by atoms with Crippen LogP contribution in [0.5, 0.6) is 0 Å². The van der Waals surface area contributed by atoms with E-state index < -0.39 is 0 Å². The molecule has 0 spiro atoms. The Morgan fingerprint density at radius 2 is 1.90 bits per heavy atom. The second-order valence-corrected chi connectivity index (χ2v) is 7.39. The Hall–Kier alpha value is -3.32. The quantitative estimate of drug-likeness (QED) is 0.572. The fourth-order valence-corrected chi connectivity index (χ4v) is 3.86. The molecule has 0 radical (unpaired) electrons. The molecule has 0 bridgehead atoms. The molecule has 7 nitrogen and oxygen atoms in total. The van der Waals surface area contributed by atoms with E-state index in [0.717, 1.165) is 54.5 Å². The summed E-state index contributed by atoms with van der Waals surface area (Å²) in [5.41, 5.74) is 4.27. The minimum absolute atomic E-state index is 0.369. The van der Waals surface area contributed by atoms with E-state index in [4.69, 9.17) is 5.10 Å². The van der Waals surface area contributed by atoms with Crippen LogP contribution >= 0.6 is 0 Å². The number of hydrogen-bond acceptors (Lipinski definition) is 5. The lowest BCUT2D eigenvalue weighted by Gasteiger charge is -2.23. The van der Waals surface area contributed by atoms with Crippen molar-refractivity contribution in [2.75, 3.05) is 0 Å². The SMILES string of the molecule is Cc1nc2n(n1)CC(NCc1cn(-c3ccccc3)nc1-c1ccncc1)CC2. The molecule has 1 atom stereocenters. The van der Waals surface area contributed by atoms with Gasteiger partial charge in [0.1, 0.15) is 11.6 Å². The van der Waals surface area contributed by atoms with E-state index in [-0.39, 0.29) is 0 Å². The Morgan fingerprint density at radius 1 is 1.07 bits per heavy atom. The molecule has 29 heavy (non-hydrogen) atoms. The van der Waals surface area contributed by atoms with Gasteiger partial charge >= 0.3 is 0 Å². The number of aryl methyl sites for hydroxylation is 2. The number of benzene rings is 1. The molecule has 1 aliphatic rings. The van der Waals surface area contributed by atoms with Crippen molar-refractivity contribution in [2.24, 2.45) is 0 Å². The molecule has 7 heteroatoms. The number of fused-ring (bicyclic) bond motifs is 1. The van der Waals surface area contributed by atoms with Gasteiger partial charge in [0.05, 0.1) is 17.9 Å². The number of rotatable bonds is 5. The molecule has 1 aliphatic heterocycles. The zero-order valence-corrected chi connectivity index (χ0v) is 16.4. The van der Waals surface area contributed by atoms with Crippen LogP contribution in [0.2, 0.25) is 0 Å². The molecule has 3 aromatic heterocycles. The summed E-state index contributed by atoms with van der Waals surface area (Å²) in [6, 6.07) is 14.6. The molecule has 1 N–H and O–H groups in total. The van der Waals surface area contributed by atoms with Crippen LogP contribution in [0.25, 0.3) is 16.9 Å². The maximum atomic E-state index is 4.88. The van der Waals surface area contributed by atoms with Crippen LogP contribution in [0.3, 0.4) is 0 Å². The Balaban J connectivity index is 1.39. The molecule has 0 saturated heterocycles. The highest BCUT2D eigenvalue weighted by Gasteiger charge is 2.21. The number of para-hydroxylation sites is 1. The van der Waals surface area contributed by atoms with Gasteiger partial charge in [-0.1, -0.05) is 18.2 Å². The first-order chi connectivity index (χ1) is 14.3. The van der Waals surface area contributed by atoms with E-state index in [2.05, 4.69) is 38.7 Å². The van der Waals surface area contributed by atoms with Crippen molar-refractivity contribution in [3.63, 3.8) is 0 Å². The van der Waals surface area contributed by atoms with Gasteiger partial charge in [-0.3, -0.25) is 4.98 Å². The molecule has 4 heterocycles. The van der Waals surface area contributed by atoms with Crippen LogP contribution in [-0.4, -0.2) is 35.6 Å². The predicted octanol–water partition coefficient (Wildman–Crippen LogP) is 2.94. The minimum Gasteiger partial charge on any atom is -0.308 e. The molecule has 0 fully saturated rings. The molecule has 146 valence electrons. The number of nitrogens with one attached hydrogen (secondary N) is 1. The zero-order chi connectivity index (χ0) is 19.6. The number of aromatic nitrogens is 6. The summed E-state index contributed by atoms with van der Waals surface area (Å²) in [6.45, 7) is 3.55. The van der Waals surface area contributed by atoms with E-state index in [1.807, 2.05) is 59.0 Å². The van der Waals surface area contributed by atoms with Gasteiger partial charge < -0.3 is 5.32 Å². The topological polar surface area (TPSA) is 73.5 Å². The van der Waals surface area contributed by atoms with Gasteiger partial charge in [-0.25, -0.2) is 14.3 Å². The Morgan fingerprint density at radius 3 is 2.72 bits per heavy atom. The number of pyridine rings is 1. The van der Waals surface area contributed by atoms with E-state index in [1.165, 1.54) is 5.56 Å². The zero-order valence-electron chi connectivity index (χ0n) is 16.4. The van der Waals surface area contributed by atoms with Gasteiger partial charge in [0.2, 0.25) is 0 Å². The summed E-state index contributed by atoms with van der Waals surface area (Å²) >= 11 is 0. The Kier molecular flexibility index (Phi) is 4.65. The third-order valence-electron chi connectivity index (χ3n) is 5.31. The van der Waals surface area contributed by atoms with Gasteiger partial charge in [-0.05, 0) is 37.6 Å². The summed E-state index contributed by atoms with van der Waals surface area (Å²) in [5.74, 6) is 1.94. The second kappa shape index (κ2) is 7.60. The second-order valence-electron chi connectivity index (χ2n) is 7.39. The van der Waals surface area contributed by atoms with Crippen molar-refractivity contribution in [3.05, 3.63) is 78.3 Å². The van der Waals surface area contributed by atoms with Gasteiger partial charge in [0.25, 0.3) is 0 Å². The molecule has 1 unspecified atom stereocenters. The first-order valence-corrected chi connectivity index (χ1v) is 9.94. The van der Waals surface area contributed by atoms with E-state index in [1.54, 1.807) is 0 Å². The normalized spacial score (nSPS) is 16.0. The maximum absolute atomic E-state index is 4.88. The highest BCUT2D eigenvalue weighted by molar-refractivity contribution is 5.62. The highest BCUT2D eigenvalue weighted by Crippen LogP contribution is 2.24. The van der Waals surface area contributed by atoms with E-state index >= 15 is 0 Å². The van der Waals surface area contributed by atoms with Crippen LogP contribution in [-0.2, 0) is 19.5 Å². The average Bonchev–Trinajstić information content (AvgIpc) is 3.36. The van der Waals surface area contributed by atoms with Gasteiger partial charge in [-0.15, -0.1) is 0 Å². The fraction of sp³-hybridized carbons (Fsp3) is 0.273. The largest absolute Gasteiger partial charge is 0.308 e. The summed E-state index contributed by atoms with van der Waals surface area (Å²) in [6.07, 6.45) is 7.76. The predicted molar refractivity (Wildman–Crippen MR) is 111 cm³/mol. The van der Waals surface area contributed by atoms with Gasteiger partial charge in [0, 0.05) is 48.7 Å². The van der Waals surface area contributed by atoms with Gasteiger partial charge in [0.15, 0.2) is 0 Å². The van der Waals surface area contributed by atoms with E-state index in [0.29, 0.717) is 6.04 Å². The minimum atomic E-state index is 0.369. The molecule has 0 saturated carbocycles. The van der Waals surface area contributed by atoms with Crippen molar-refractivity contribution in [3.8, 4) is 16.9 Å². The lowest BCUT2D eigenvalue weighted by atomic mass is 10.1. The van der Waals surface area contributed by atoms with Crippen molar-refractivity contribution in [1.82, 2.24) is 34.8 Å². The molecular formula is C22H23N7. The lowest BCUT2D eigenvalue weighted by molar-refractivity contribution is 0.358. The Labute approximate surface area is 169 Å². The van der Waals surface area contributed by atoms with Crippen molar-refractivity contribution < 1.29 is 0 Å². The van der Waals surface area contributed by atoms with Crippen LogP contribution in [0, 0.1) is 6.92 Å². The van der Waals surface area contributed by atoms with Crippen molar-refractivity contribution >= 4 is 0 Å².